The van der Waals surface area contributed by atoms with Crippen LogP contribution in [-0.2, 0) is 16.4 Å². The number of hydrogen-bond donors (Lipinski definition) is 0. The average Bonchev–Trinajstić information content (AvgIpc) is 3.52. The summed E-state index contributed by atoms with van der Waals surface area (Å²) >= 11 is 0. The monoisotopic (exact) mass is 470 g/mol. The number of alkyl halides is 3. The average molecular weight is 470 g/mol. The van der Waals surface area contributed by atoms with Crippen molar-refractivity contribution in [3.63, 3.8) is 0 Å². The van der Waals surface area contributed by atoms with E-state index in [1.807, 2.05) is 42.2 Å². The number of nitrogens with zero attached hydrogens (tertiary/aromatic N) is 4. The van der Waals surface area contributed by atoms with Crippen LogP contribution in [0.15, 0.2) is 59.1 Å². The smallest absolute Gasteiger partial charge is 0.339 e. The van der Waals surface area contributed by atoms with E-state index < -0.39 is 11.7 Å². The van der Waals surface area contributed by atoms with E-state index in [1.54, 1.807) is 0 Å². The zero-order valence-corrected chi connectivity index (χ0v) is 18.8. The number of hydrogen-bond acceptors (Lipinski definition) is 5. The van der Waals surface area contributed by atoms with Crippen molar-refractivity contribution < 1.29 is 22.5 Å². The summed E-state index contributed by atoms with van der Waals surface area (Å²) in [5.41, 5.74) is 0.211. The van der Waals surface area contributed by atoms with Crippen molar-refractivity contribution in [3.8, 4) is 11.4 Å². The summed E-state index contributed by atoms with van der Waals surface area (Å²) in [7, 11) is 0. The second-order valence-corrected chi connectivity index (χ2v) is 8.99. The topological polar surface area (TPSA) is 62.5 Å². The molecule has 5 rings (SSSR count). The molecule has 0 radical (unpaired) electrons. The largest absolute Gasteiger partial charge is 0.416 e. The molecule has 34 heavy (non-hydrogen) atoms. The molecular weight excluding hydrogens is 445 g/mol. The normalized spacial score (nSPS) is 19.1. The van der Waals surface area contributed by atoms with Crippen LogP contribution in [0.5, 0.6) is 0 Å². The van der Waals surface area contributed by atoms with Gasteiger partial charge in [0.1, 0.15) is 0 Å². The molecule has 178 valence electrons. The lowest BCUT2D eigenvalue weighted by Crippen LogP contribution is -2.52. The van der Waals surface area contributed by atoms with Gasteiger partial charge in [-0.15, -0.1) is 0 Å². The summed E-state index contributed by atoms with van der Waals surface area (Å²) in [6, 6.07) is 14.6. The van der Waals surface area contributed by atoms with Crippen LogP contribution in [0.25, 0.3) is 11.4 Å². The zero-order valence-electron chi connectivity index (χ0n) is 18.8. The van der Waals surface area contributed by atoms with Gasteiger partial charge >= 0.3 is 6.18 Å². The number of halogens is 3. The number of carbonyl (C=O) groups is 1. The van der Waals surface area contributed by atoms with Crippen LogP contribution >= 0.6 is 0 Å². The Morgan fingerprint density at radius 2 is 1.74 bits per heavy atom. The lowest BCUT2D eigenvalue weighted by Gasteiger charge is -2.38. The second kappa shape index (κ2) is 8.54. The van der Waals surface area contributed by atoms with E-state index in [0.717, 1.165) is 30.5 Å². The molecule has 6 nitrogen and oxygen atoms in total. The van der Waals surface area contributed by atoms with Crippen molar-refractivity contribution in [2.45, 2.75) is 37.4 Å². The van der Waals surface area contributed by atoms with E-state index in [9.17, 15) is 18.0 Å². The van der Waals surface area contributed by atoms with Crippen LogP contribution in [0.1, 0.15) is 42.8 Å². The molecule has 1 amide bonds. The molecule has 2 aromatic carbocycles. The predicted molar refractivity (Wildman–Crippen MR) is 119 cm³/mol. The van der Waals surface area contributed by atoms with E-state index >= 15 is 0 Å². The molecular formula is C25H25F3N4O2. The highest BCUT2D eigenvalue weighted by Gasteiger charge is 2.53. The number of aromatic nitrogens is 2. The quantitative estimate of drug-likeness (QED) is 0.541. The number of benzene rings is 2. The van der Waals surface area contributed by atoms with Crippen LogP contribution in [-0.4, -0.2) is 52.0 Å². The van der Waals surface area contributed by atoms with Crippen LogP contribution in [0.3, 0.4) is 0 Å². The highest BCUT2D eigenvalue weighted by Crippen LogP contribution is 2.49. The molecule has 1 aliphatic heterocycles. The van der Waals surface area contributed by atoms with Gasteiger partial charge in [0.25, 0.3) is 0 Å². The van der Waals surface area contributed by atoms with Crippen molar-refractivity contribution in [1.29, 1.82) is 0 Å². The number of amides is 1. The Labute approximate surface area is 195 Å². The van der Waals surface area contributed by atoms with E-state index in [4.69, 9.17) is 4.52 Å². The van der Waals surface area contributed by atoms with E-state index in [1.165, 1.54) is 12.1 Å². The highest BCUT2D eigenvalue weighted by molar-refractivity contribution is 5.91. The fourth-order valence-corrected chi connectivity index (χ4v) is 4.64. The summed E-state index contributed by atoms with van der Waals surface area (Å²) in [6.07, 6.45) is -2.67. The Morgan fingerprint density at radius 1 is 1.03 bits per heavy atom. The third kappa shape index (κ3) is 4.20. The van der Waals surface area contributed by atoms with Crippen molar-refractivity contribution in [1.82, 2.24) is 19.9 Å². The fourth-order valence-electron chi connectivity index (χ4n) is 4.64. The van der Waals surface area contributed by atoms with Gasteiger partial charge in [0.15, 0.2) is 0 Å². The first-order valence-corrected chi connectivity index (χ1v) is 11.4. The lowest BCUT2D eigenvalue weighted by atomic mass is 9.94. The summed E-state index contributed by atoms with van der Waals surface area (Å²) in [5, 5.41) is 3.90. The Bertz CT molecular complexity index is 1170. The molecule has 1 aliphatic carbocycles. The molecule has 1 unspecified atom stereocenters. The zero-order chi connectivity index (χ0) is 23.9. The maximum atomic E-state index is 13.3. The van der Waals surface area contributed by atoms with Gasteiger partial charge < -0.3 is 9.42 Å². The van der Waals surface area contributed by atoms with Gasteiger partial charge in [-0.3, -0.25) is 9.69 Å². The van der Waals surface area contributed by atoms with Gasteiger partial charge in [0.05, 0.1) is 17.0 Å². The molecule has 0 spiro atoms. The number of piperazine rings is 1. The van der Waals surface area contributed by atoms with Crippen molar-refractivity contribution >= 4 is 5.91 Å². The minimum atomic E-state index is -4.44. The first-order chi connectivity index (χ1) is 16.3. The maximum absolute atomic E-state index is 13.3. The standard InChI is InChI=1S/C25H25F3N4O2/c1-17(22-29-21(30-34-22)18-6-5-9-20(16-18)25(26,27)28)31-12-14-32(15-13-31)23(33)24(10-11-24)19-7-3-2-4-8-19/h2-9,16-17H,10-15H2,1H3. The SMILES string of the molecule is CC(c1nc(-c2cccc(C(F)(F)F)c2)no1)N1CCN(C(=O)C2(c3ccccc3)CC2)CC1. The summed E-state index contributed by atoms with van der Waals surface area (Å²) in [5.74, 6) is 0.658. The minimum absolute atomic E-state index is 0.125. The van der Waals surface area contributed by atoms with Crippen LogP contribution < -0.4 is 0 Å². The predicted octanol–water partition coefficient (Wildman–Crippen LogP) is 4.69. The van der Waals surface area contributed by atoms with Gasteiger partial charge in [-0.05, 0) is 37.5 Å². The number of rotatable bonds is 5. The molecule has 1 saturated carbocycles. The number of carbonyl (C=O) groups excluding carboxylic acids is 1. The molecule has 3 aromatic rings. The summed E-state index contributed by atoms with van der Waals surface area (Å²) in [6.45, 7) is 4.43. The van der Waals surface area contributed by atoms with Crippen LogP contribution in [0.4, 0.5) is 13.2 Å². The first-order valence-electron chi connectivity index (χ1n) is 11.4. The fraction of sp³-hybridized carbons (Fsp3) is 0.400. The van der Waals surface area contributed by atoms with E-state index in [0.29, 0.717) is 32.1 Å². The Balaban J connectivity index is 1.23. The third-order valence-corrected chi connectivity index (χ3v) is 6.88. The molecule has 1 atom stereocenters. The van der Waals surface area contributed by atoms with E-state index in [2.05, 4.69) is 15.0 Å². The lowest BCUT2D eigenvalue weighted by molar-refractivity contribution is -0.137. The Hall–Kier alpha value is -3.20. The van der Waals surface area contributed by atoms with Crippen molar-refractivity contribution in [2.75, 3.05) is 26.2 Å². The molecule has 2 heterocycles. The Morgan fingerprint density at radius 3 is 2.38 bits per heavy atom. The molecule has 2 fully saturated rings. The highest BCUT2D eigenvalue weighted by atomic mass is 19.4. The van der Waals surface area contributed by atoms with Crippen molar-refractivity contribution in [2.24, 2.45) is 0 Å². The van der Waals surface area contributed by atoms with Crippen molar-refractivity contribution in [3.05, 3.63) is 71.6 Å². The van der Waals surface area contributed by atoms with Gasteiger partial charge in [0, 0.05) is 31.7 Å². The van der Waals surface area contributed by atoms with E-state index in [-0.39, 0.29) is 28.8 Å². The van der Waals surface area contributed by atoms with Gasteiger partial charge in [-0.25, -0.2) is 0 Å². The van der Waals surface area contributed by atoms with Crippen LogP contribution in [0.2, 0.25) is 0 Å². The maximum Gasteiger partial charge on any atom is 0.416 e. The third-order valence-electron chi connectivity index (χ3n) is 6.88. The molecule has 0 bridgehead atoms. The molecule has 9 heteroatoms. The minimum Gasteiger partial charge on any atom is -0.339 e. The molecule has 1 saturated heterocycles. The van der Waals surface area contributed by atoms with Crippen LogP contribution in [0, 0.1) is 0 Å². The Kier molecular flexibility index (Phi) is 5.67. The van der Waals surface area contributed by atoms with Gasteiger partial charge in [-0.1, -0.05) is 47.6 Å². The summed E-state index contributed by atoms with van der Waals surface area (Å²) in [4.78, 5) is 21.7. The van der Waals surface area contributed by atoms with Gasteiger partial charge in [0.2, 0.25) is 17.6 Å². The van der Waals surface area contributed by atoms with Gasteiger partial charge in [-0.2, -0.15) is 18.2 Å². The summed E-state index contributed by atoms with van der Waals surface area (Å²) < 4.78 is 44.5. The molecule has 2 aliphatic rings. The molecule has 1 aromatic heterocycles. The second-order valence-electron chi connectivity index (χ2n) is 8.99. The molecule has 0 N–H and O–H groups in total. The first kappa shape index (κ1) is 22.6.